The molecule has 0 unspecified atom stereocenters. The first kappa shape index (κ1) is 14.6. The second kappa shape index (κ2) is 6.43. The number of nitrogen functional groups attached to an aromatic ring is 1. The van der Waals surface area contributed by atoms with Gasteiger partial charge >= 0.3 is 0 Å². The molecule has 0 atom stereocenters. The number of carbonyl (C=O) groups is 1. The van der Waals surface area contributed by atoms with E-state index in [0.717, 1.165) is 42.6 Å². The summed E-state index contributed by atoms with van der Waals surface area (Å²) in [5, 5.41) is 0. The maximum absolute atomic E-state index is 12.5. The molecule has 3 nitrogen and oxygen atoms in total. The van der Waals surface area contributed by atoms with Gasteiger partial charge in [0, 0.05) is 24.3 Å². The van der Waals surface area contributed by atoms with Crippen molar-refractivity contribution < 1.29 is 4.79 Å². The van der Waals surface area contributed by atoms with Gasteiger partial charge in [0.1, 0.15) is 0 Å². The van der Waals surface area contributed by atoms with Crippen molar-refractivity contribution in [1.82, 2.24) is 4.90 Å². The van der Waals surface area contributed by atoms with Gasteiger partial charge in [0.2, 0.25) is 0 Å². The van der Waals surface area contributed by atoms with Gasteiger partial charge in [-0.3, -0.25) is 4.79 Å². The van der Waals surface area contributed by atoms with Gasteiger partial charge in [-0.2, -0.15) is 0 Å². The Hall–Kier alpha value is -1.51. The van der Waals surface area contributed by atoms with Gasteiger partial charge in [-0.05, 0) is 43.9 Å². The highest BCUT2D eigenvalue weighted by atomic mass is 16.2. The number of nitrogens with two attached hydrogens (primary N) is 1. The summed E-state index contributed by atoms with van der Waals surface area (Å²) in [7, 11) is 0. The molecule has 0 fully saturated rings. The molecule has 18 heavy (non-hydrogen) atoms. The van der Waals surface area contributed by atoms with Gasteiger partial charge in [0.15, 0.2) is 0 Å². The van der Waals surface area contributed by atoms with Crippen molar-refractivity contribution in [2.75, 3.05) is 18.8 Å². The molecule has 1 aromatic rings. The quantitative estimate of drug-likeness (QED) is 0.814. The Labute approximate surface area is 110 Å². The Balaban J connectivity index is 3.04. The largest absolute Gasteiger partial charge is 0.398 e. The summed E-state index contributed by atoms with van der Waals surface area (Å²) >= 11 is 0. The zero-order valence-electron chi connectivity index (χ0n) is 11.9. The highest BCUT2D eigenvalue weighted by Crippen LogP contribution is 2.19. The molecule has 0 aliphatic heterocycles. The van der Waals surface area contributed by atoms with Gasteiger partial charge in [-0.15, -0.1) is 0 Å². The van der Waals surface area contributed by atoms with Crippen molar-refractivity contribution in [2.45, 2.75) is 40.5 Å². The average Bonchev–Trinajstić information content (AvgIpc) is 2.33. The second-order valence-corrected chi connectivity index (χ2v) is 4.82. The number of anilines is 1. The van der Waals surface area contributed by atoms with Gasteiger partial charge in [-0.1, -0.05) is 19.9 Å². The standard InChI is InChI=1S/C15H24N2O/c1-5-7-17(8-6-2)15(18)13-10-14(16)12(4)9-11(13)3/h9-10H,5-8,16H2,1-4H3. The van der Waals surface area contributed by atoms with Crippen LogP contribution in [0.15, 0.2) is 12.1 Å². The van der Waals surface area contributed by atoms with Crippen LogP contribution in [-0.2, 0) is 0 Å². The van der Waals surface area contributed by atoms with E-state index in [1.54, 1.807) is 0 Å². The molecule has 1 rings (SSSR count). The molecule has 0 bridgehead atoms. The molecule has 0 saturated heterocycles. The zero-order chi connectivity index (χ0) is 13.7. The fourth-order valence-electron chi connectivity index (χ4n) is 2.12. The lowest BCUT2D eigenvalue weighted by Crippen LogP contribution is -2.33. The van der Waals surface area contributed by atoms with Gasteiger partial charge in [0.05, 0.1) is 0 Å². The maximum atomic E-state index is 12.5. The first-order valence-electron chi connectivity index (χ1n) is 6.67. The summed E-state index contributed by atoms with van der Waals surface area (Å²) in [4.78, 5) is 14.4. The summed E-state index contributed by atoms with van der Waals surface area (Å²) in [5.74, 6) is 0.0999. The van der Waals surface area contributed by atoms with Crippen molar-refractivity contribution in [2.24, 2.45) is 0 Å². The van der Waals surface area contributed by atoms with Crippen LogP contribution in [0.1, 0.15) is 48.2 Å². The molecule has 3 heteroatoms. The van der Waals surface area contributed by atoms with E-state index < -0.39 is 0 Å². The Morgan fingerprint density at radius 2 is 1.67 bits per heavy atom. The zero-order valence-corrected chi connectivity index (χ0v) is 11.9. The van der Waals surface area contributed by atoms with E-state index >= 15 is 0 Å². The van der Waals surface area contributed by atoms with Gasteiger partial charge in [0.25, 0.3) is 5.91 Å². The molecule has 2 N–H and O–H groups in total. The Bertz CT molecular complexity index is 421. The lowest BCUT2D eigenvalue weighted by atomic mass is 10.0. The van der Waals surface area contributed by atoms with E-state index in [1.807, 2.05) is 30.9 Å². The minimum Gasteiger partial charge on any atom is -0.398 e. The molecule has 0 saturated carbocycles. The first-order valence-corrected chi connectivity index (χ1v) is 6.67. The minimum absolute atomic E-state index is 0.0999. The number of hydrogen-bond donors (Lipinski definition) is 1. The van der Waals surface area contributed by atoms with Crippen LogP contribution >= 0.6 is 0 Å². The van der Waals surface area contributed by atoms with Crippen LogP contribution in [-0.4, -0.2) is 23.9 Å². The highest BCUT2D eigenvalue weighted by molar-refractivity contribution is 5.96. The predicted octanol–water partition coefficient (Wildman–Crippen LogP) is 3.15. The van der Waals surface area contributed by atoms with Crippen LogP contribution in [0.4, 0.5) is 5.69 Å². The minimum atomic E-state index is 0.0999. The van der Waals surface area contributed by atoms with Gasteiger partial charge in [-0.25, -0.2) is 0 Å². The first-order chi connectivity index (χ1) is 8.51. The monoisotopic (exact) mass is 248 g/mol. The molecule has 0 spiro atoms. The predicted molar refractivity (Wildman–Crippen MR) is 76.8 cm³/mol. The summed E-state index contributed by atoms with van der Waals surface area (Å²) < 4.78 is 0. The lowest BCUT2D eigenvalue weighted by molar-refractivity contribution is 0.0755. The molecule has 0 heterocycles. The van der Waals surface area contributed by atoms with Crippen LogP contribution in [0, 0.1) is 13.8 Å². The van der Waals surface area contributed by atoms with Crippen molar-refractivity contribution in [3.8, 4) is 0 Å². The number of hydrogen-bond acceptors (Lipinski definition) is 2. The normalized spacial score (nSPS) is 10.4. The Kier molecular flexibility index (Phi) is 5.20. The Morgan fingerprint density at radius 1 is 1.11 bits per heavy atom. The molecule has 1 aromatic carbocycles. The van der Waals surface area contributed by atoms with Crippen LogP contribution in [0.3, 0.4) is 0 Å². The smallest absolute Gasteiger partial charge is 0.254 e. The van der Waals surface area contributed by atoms with Crippen molar-refractivity contribution in [3.05, 3.63) is 28.8 Å². The second-order valence-electron chi connectivity index (χ2n) is 4.82. The number of amides is 1. The lowest BCUT2D eigenvalue weighted by Gasteiger charge is -2.23. The third-order valence-corrected chi connectivity index (χ3v) is 3.12. The molecule has 0 aliphatic rings. The molecular weight excluding hydrogens is 224 g/mol. The molecule has 0 aromatic heterocycles. The number of aryl methyl sites for hydroxylation is 2. The maximum Gasteiger partial charge on any atom is 0.254 e. The van der Waals surface area contributed by atoms with E-state index in [0.29, 0.717) is 5.69 Å². The molecule has 1 amide bonds. The summed E-state index contributed by atoms with van der Waals surface area (Å²) in [6.07, 6.45) is 1.96. The summed E-state index contributed by atoms with van der Waals surface area (Å²) in [6.45, 7) is 9.72. The fourth-order valence-corrected chi connectivity index (χ4v) is 2.12. The van der Waals surface area contributed by atoms with Crippen molar-refractivity contribution in [1.29, 1.82) is 0 Å². The van der Waals surface area contributed by atoms with Crippen LogP contribution in [0.2, 0.25) is 0 Å². The van der Waals surface area contributed by atoms with Crippen molar-refractivity contribution in [3.63, 3.8) is 0 Å². The highest BCUT2D eigenvalue weighted by Gasteiger charge is 2.17. The Morgan fingerprint density at radius 3 is 2.17 bits per heavy atom. The topological polar surface area (TPSA) is 46.3 Å². The molecule has 0 aliphatic carbocycles. The van der Waals surface area contributed by atoms with E-state index in [1.165, 1.54) is 0 Å². The van der Waals surface area contributed by atoms with Gasteiger partial charge < -0.3 is 10.6 Å². The van der Waals surface area contributed by atoms with E-state index in [9.17, 15) is 4.79 Å². The number of carbonyl (C=O) groups excluding carboxylic acids is 1. The summed E-state index contributed by atoms with van der Waals surface area (Å²) in [6, 6.07) is 3.80. The van der Waals surface area contributed by atoms with Crippen LogP contribution in [0.25, 0.3) is 0 Å². The van der Waals surface area contributed by atoms with Crippen LogP contribution < -0.4 is 5.73 Å². The van der Waals surface area contributed by atoms with Crippen LogP contribution in [0.5, 0.6) is 0 Å². The third-order valence-electron chi connectivity index (χ3n) is 3.12. The number of rotatable bonds is 5. The van der Waals surface area contributed by atoms with E-state index in [2.05, 4.69) is 13.8 Å². The summed E-state index contributed by atoms with van der Waals surface area (Å²) in [5.41, 5.74) is 9.37. The van der Waals surface area contributed by atoms with E-state index in [-0.39, 0.29) is 5.91 Å². The number of nitrogens with zero attached hydrogens (tertiary/aromatic N) is 1. The molecule has 100 valence electrons. The number of benzene rings is 1. The van der Waals surface area contributed by atoms with E-state index in [4.69, 9.17) is 5.73 Å². The molecule has 0 radical (unpaired) electrons. The van der Waals surface area contributed by atoms with Crippen molar-refractivity contribution >= 4 is 11.6 Å². The third kappa shape index (κ3) is 3.25. The average molecular weight is 248 g/mol. The SMILES string of the molecule is CCCN(CCC)C(=O)c1cc(N)c(C)cc1C. The molecular formula is C15H24N2O. The fraction of sp³-hybridized carbons (Fsp3) is 0.533.